The molecular formula is C23H38IN5. The van der Waals surface area contributed by atoms with Crippen LogP contribution in [-0.4, -0.2) is 74.0 Å². The molecule has 2 heterocycles. The monoisotopic (exact) mass is 511 g/mol. The first-order valence-corrected chi connectivity index (χ1v) is 11.2. The average molecular weight is 511 g/mol. The smallest absolute Gasteiger partial charge is 0.193 e. The molecule has 0 spiro atoms. The molecule has 5 nitrogen and oxygen atoms in total. The topological polar surface area (TPSA) is 34.1 Å². The number of piperazine rings is 1. The number of hydrogen-bond acceptors (Lipinski definition) is 3. The number of halogens is 1. The van der Waals surface area contributed by atoms with Crippen molar-refractivity contribution in [3.63, 3.8) is 0 Å². The highest BCUT2D eigenvalue weighted by Gasteiger charge is 2.35. The van der Waals surface area contributed by atoms with Crippen molar-refractivity contribution in [2.24, 2.45) is 16.8 Å². The maximum atomic E-state index is 4.56. The first-order chi connectivity index (χ1) is 13.7. The lowest BCUT2D eigenvalue weighted by molar-refractivity contribution is 0.148. The van der Waals surface area contributed by atoms with Crippen molar-refractivity contribution in [1.29, 1.82) is 0 Å². The lowest BCUT2D eigenvalue weighted by Crippen LogP contribution is -2.43. The number of rotatable bonds is 4. The molecule has 1 saturated carbocycles. The van der Waals surface area contributed by atoms with Gasteiger partial charge in [0, 0.05) is 59.4 Å². The van der Waals surface area contributed by atoms with E-state index in [-0.39, 0.29) is 24.0 Å². The molecule has 2 unspecified atom stereocenters. The number of likely N-dealkylation sites (N-methyl/N-ethyl adjacent to an activating group) is 1. The summed E-state index contributed by atoms with van der Waals surface area (Å²) in [4.78, 5) is 12.0. The molecule has 1 aromatic rings. The molecule has 1 aromatic carbocycles. The van der Waals surface area contributed by atoms with Crippen LogP contribution >= 0.6 is 24.0 Å². The second kappa shape index (κ2) is 11.0. The van der Waals surface area contributed by atoms with E-state index in [0.717, 1.165) is 30.9 Å². The molecule has 0 amide bonds. The van der Waals surface area contributed by atoms with Crippen LogP contribution in [0, 0.1) is 11.8 Å². The van der Waals surface area contributed by atoms with Crippen LogP contribution in [0.2, 0.25) is 0 Å². The Bertz CT molecular complexity index is 640. The molecule has 2 saturated heterocycles. The van der Waals surface area contributed by atoms with Crippen LogP contribution in [0.1, 0.15) is 36.8 Å². The zero-order chi connectivity index (χ0) is 19.3. The van der Waals surface area contributed by atoms with Gasteiger partial charge in [0.05, 0.1) is 0 Å². The molecule has 0 aromatic heterocycles. The van der Waals surface area contributed by atoms with Crippen molar-refractivity contribution in [2.45, 2.75) is 38.8 Å². The van der Waals surface area contributed by atoms with Gasteiger partial charge in [0.2, 0.25) is 0 Å². The van der Waals surface area contributed by atoms with E-state index in [0.29, 0.717) is 0 Å². The minimum atomic E-state index is 0. The van der Waals surface area contributed by atoms with Crippen molar-refractivity contribution >= 4 is 29.9 Å². The highest BCUT2D eigenvalue weighted by molar-refractivity contribution is 14.0. The minimum absolute atomic E-state index is 0. The molecule has 3 fully saturated rings. The number of nitrogens with zero attached hydrogens (tertiary/aromatic N) is 4. The number of guanidine groups is 1. The molecule has 0 radical (unpaired) electrons. The molecule has 162 valence electrons. The summed E-state index contributed by atoms with van der Waals surface area (Å²) in [6.45, 7) is 9.01. The third kappa shape index (κ3) is 6.07. The number of likely N-dealkylation sites (tertiary alicyclic amines) is 1. The molecule has 29 heavy (non-hydrogen) atoms. The molecule has 6 heteroatoms. The molecule has 1 aliphatic carbocycles. The van der Waals surface area contributed by atoms with Crippen LogP contribution < -0.4 is 5.32 Å². The third-order valence-electron chi connectivity index (χ3n) is 6.96. The number of benzene rings is 1. The van der Waals surface area contributed by atoms with E-state index >= 15 is 0 Å². The van der Waals surface area contributed by atoms with Gasteiger partial charge < -0.3 is 15.1 Å². The molecule has 1 N–H and O–H groups in total. The Balaban J connectivity index is 0.00000240. The van der Waals surface area contributed by atoms with Gasteiger partial charge in [-0.3, -0.25) is 9.89 Å². The summed E-state index contributed by atoms with van der Waals surface area (Å²) in [6, 6.07) is 9.13. The molecule has 2 atom stereocenters. The lowest BCUT2D eigenvalue weighted by atomic mass is 9.82. The fourth-order valence-electron chi connectivity index (χ4n) is 5.12. The van der Waals surface area contributed by atoms with Crippen molar-refractivity contribution < 1.29 is 0 Å². The van der Waals surface area contributed by atoms with Gasteiger partial charge in [-0.25, -0.2) is 0 Å². The Kier molecular flexibility index (Phi) is 8.62. The van der Waals surface area contributed by atoms with E-state index in [1.165, 1.54) is 76.1 Å². The van der Waals surface area contributed by atoms with Crippen LogP contribution in [0.3, 0.4) is 0 Å². The van der Waals surface area contributed by atoms with Crippen LogP contribution in [-0.2, 0) is 13.1 Å². The Hall–Kier alpha value is -0.860. The highest BCUT2D eigenvalue weighted by atomic mass is 127. The fourth-order valence-corrected chi connectivity index (χ4v) is 5.12. The summed E-state index contributed by atoms with van der Waals surface area (Å²) in [5, 5.41) is 3.60. The average Bonchev–Trinajstić information content (AvgIpc) is 3.15. The maximum absolute atomic E-state index is 4.56. The quantitative estimate of drug-likeness (QED) is 0.383. The molecular weight excluding hydrogens is 473 g/mol. The SMILES string of the molecule is CN=C(NCc1ccc(CN2CCN(C)CC2)cc1)N1CC2CCCCC2C1.I. The Morgan fingerprint density at radius 2 is 1.55 bits per heavy atom. The predicted octanol–water partition coefficient (Wildman–Crippen LogP) is 3.25. The van der Waals surface area contributed by atoms with Gasteiger partial charge in [-0.05, 0) is 42.9 Å². The van der Waals surface area contributed by atoms with Crippen molar-refractivity contribution in [1.82, 2.24) is 20.0 Å². The number of nitrogens with one attached hydrogen (secondary N) is 1. The standard InChI is InChI=1S/C23H37N5.HI/c1-24-23(28-17-21-5-3-4-6-22(21)18-28)25-15-19-7-9-20(10-8-19)16-27-13-11-26(2)12-14-27;/h7-10,21-22H,3-6,11-18H2,1-2H3,(H,24,25);1H. The Labute approximate surface area is 193 Å². The maximum Gasteiger partial charge on any atom is 0.193 e. The van der Waals surface area contributed by atoms with Gasteiger partial charge in [-0.2, -0.15) is 0 Å². The van der Waals surface area contributed by atoms with Gasteiger partial charge >= 0.3 is 0 Å². The van der Waals surface area contributed by atoms with E-state index in [2.05, 4.69) is 56.3 Å². The summed E-state index contributed by atoms with van der Waals surface area (Å²) in [7, 11) is 4.13. The molecule has 4 rings (SSSR count). The summed E-state index contributed by atoms with van der Waals surface area (Å²) >= 11 is 0. The fraction of sp³-hybridized carbons (Fsp3) is 0.696. The summed E-state index contributed by atoms with van der Waals surface area (Å²) in [6.07, 6.45) is 5.66. The van der Waals surface area contributed by atoms with E-state index in [4.69, 9.17) is 0 Å². The van der Waals surface area contributed by atoms with E-state index in [9.17, 15) is 0 Å². The zero-order valence-corrected chi connectivity index (χ0v) is 20.5. The van der Waals surface area contributed by atoms with Gasteiger partial charge in [-0.15, -0.1) is 24.0 Å². The second-order valence-electron chi connectivity index (χ2n) is 9.01. The normalized spacial score (nSPS) is 26.1. The lowest BCUT2D eigenvalue weighted by Gasteiger charge is -2.32. The number of hydrogen-bond donors (Lipinski definition) is 1. The molecule has 3 aliphatic rings. The molecule has 2 aliphatic heterocycles. The Morgan fingerprint density at radius 1 is 0.966 bits per heavy atom. The van der Waals surface area contributed by atoms with Crippen LogP contribution in [0.5, 0.6) is 0 Å². The van der Waals surface area contributed by atoms with Crippen molar-refractivity contribution in [2.75, 3.05) is 53.4 Å². The van der Waals surface area contributed by atoms with Gasteiger partial charge in [0.25, 0.3) is 0 Å². The number of fused-ring (bicyclic) bond motifs is 1. The van der Waals surface area contributed by atoms with Crippen LogP contribution in [0.15, 0.2) is 29.3 Å². The van der Waals surface area contributed by atoms with Gasteiger partial charge in [-0.1, -0.05) is 37.1 Å². The van der Waals surface area contributed by atoms with Crippen molar-refractivity contribution in [3.05, 3.63) is 35.4 Å². The van der Waals surface area contributed by atoms with Crippen molar-refractivity contribution in [3.8, 4) is 0 Å². The van der Waals surface area contributed by atoms with E-state index < -0.39 is 0 Å². The minimum Gasteiger partial charge on any atom is -0.352 e. The summed E-state index contributed by atoms with van der Waals surface area (Å²) < 4.78 is 0. The van der Waals surface area contributed by atoms with Crippen LogP contribution in [0.4, 0.5) is 0 Å². The third-order valence-corrected chi connectivity index (χ3v) is 6.96. The first-order valence-electron chi connectivity index (χ1n) is 11.2. The zero-order valence-electron chi connectivity index (χ0n) is 18.1. The van der Waals surface area contributed by atoms with E-state index in [1.807, 2.05) is 7.05 Å². The molecule has 0 bridgehead atoms. The van der Waals surface area contributed by atoms with Gasteiger partial charge in [0.15, 0.2) is 5.96 Å². The van der Waals surface area contributed by atoms with E-state index in [1.54, 1.807) is 0 Å². The van der Waals surface area contributed by atoms with Gasteiger partial charge in [0.1, 0.15) is 0 Å². The second-order valence-corrected chi connectivity index (χ2v) is 9.01. The summed E-state index contributed by atoms with van der Waals surface area (Å²) in [5.74, 6) is 2.86. The first kappa shape index (κ1) is 22.8. The summed E-state index contributed by atoms with van der Waals surface area (Å²) in [5.41, 5.74) is 2.75. The Morgan fingerprint density at radius 3 is 2.14 bits per heavy atom. The largest absolute Gasteiger partial charge is 0.352 e. The predicted molar refractivity (Wildman–Crippen MR) is 132 cm³/mol. The van der Waals surface area contributed by atoms with Crippen LogP contribution in [0.25, 0.3) is 0 Å². The number of aliphatic imine (C=N–C) groups is 1. The highest BCUT2D eigenvalue weighted by Crippen LogP contribution is 2.35.